The second-order valence-electron chi connectivity index (χ2n) is 11.2. The molecule has 0 unspecified atom stereocenters. The molecule has 0 saturated carbocycles. The molecule has 0 spiro atoms. The fourth-order valence-corrected chi connectivity index (χ4v) is 6.62. The van der Waals surface area contributed by atoms with Crippen LogP contribution in [0.5, 0.6) is 0 Å². The minimum atomic E-state index is 0.646. The summed E-state index contributed by atoms with van der Waals surface area (Å²) in [5.74, 6) is 0.646. The highest BCUT2D eigenvalue weighted by atomic mass is 16.3. The van der Waals surface area contributed by atoms with Crippen LogP contribution < -0.4 is 0 Å². The first-order chi connectivity index (χ1) is 20.6. The van der Waals surface area contributed by atoms with Crippen molar-refractivity contribution < 1.29 is 4.42 Å². The molecule has 0 fully saturated rings. The van der Waals surface area contributed by atoms with Crippen molar-refractivity contribution in [1.29, 1.82) is 0 Å². The highest BCUT2D eigenvalue weighted by Gasteiger charge is 2.21. The molecule has 198 valence electrons. The summed E-state index contributed by atoms with van der Waals surface area (Å²) in [5, 5.41) is 8.04. The van der Waals surface area contributed by atoms with Crippen molar-refractivity contribution >= 4 is 65.4 Å². The molecule has 3 heterocycles. The average molecular weight is 540 g/mol. The lowest BCUT2D eigenvalue weighted by molar-refractivity contribution is 0.669. The number of aryl methyl sites for hydroxylation is 2. The smallest absolute Gasteiger partial charge is 0.235 e. The molecule has 3 aromatic heterocycles. The van der Waals surface area contributed by atoms with Gasteiger partial charge in [0.1, 0.15) is 11.2 Å². The SMILES string of the molecule is Cc1ccc2oc3cc4c(cc3c2c1)c1cc(C)c2ccccc2c1n4-c1nc(-c2ccccc2)c2ccccc2n1. The summed E-state index contributed by atoms with van der Waals surface area (Å²) in [6, 6.07) is 40.4. The van der Waals surface area contributed by atoms with Crippen LogP contribution in [0.2, 0.25) is 0 Å². The fraction of sp³-hybridized carbons (Fsp3) is 0.0526. The minimum absolute atomic E-state index is 0.646. The summed E-state index contributed by atoms with van der Waals surface area (Å²) in [4.78, 5) is 10.5. The Labute approximate surface area is 241 Å². The Bertz CT molecular complexity index is 2540. The van der Waals surface area contributed by atoms with Gasteiger partial charge in [-0.2, -0.15) is 0 Å². The molecule has 0 amide bonds. The molecule has 0 saturated heterocycles. The molecule has 0 radical (unpaired) electrons. The van der Waals surface area contributed by atoms with Crippen molar-refractivity contribution in [3.63, 3.8) is 0 Å². The number of furan rings is 1. The zero-order valence-corrected chi connectivity index (χ0v) is 23.2. The maximum Gasteiger partial charge on any atom is 0.235 e. The Morgan fingerprint density at radius 3 is 2.14 bits per heavy atom. The maximum absolute atomic E-state index is 6.42. The third-order valence-corrected chi connectivity index (χ3v) is 8.56. The Kier molecular flexibility index (Phi) is 4.71. The molecule has 4 heteroatoms. The van der Waals surface area contributed by atoms with Gasteiger partial charge in [0, 0.05) is 43.9 Å². The number of benzene rings is 6. The number of fused-ring (bicyclic) bond motifs is 9. The predicted molar refractivity (Wildman–Crippen MR) is 174 cm³/mol. The Balaban J connectivity index is 1.49. The maximum atomic E-state index is 6.42. The van der Waals surface area contributed by atoms with Crippen LogP contribution in [-0.2, 0) is 0 Å². The molecule has 0 aliphatic heterocycles. The van der Waals surface area contributed by atoms with Gasteiger partial charge in [-0.15, -0.1) is 0 Å². The van der Waals surface area contributed by atoms with E-state index in [-0.39, 0.29) is 0 Å². The molecule has 9 aromatic rings. The van der Waals surface area contributed by atoms with E-state index >= 15 is 0 Å². The second kappa shape index (κ2) is 8.51. The summed E-state index contributed by atoms with van der Waals surface area (Å²) in [6.45, 7) is 4.32. The zero-order valence-electron chi connectivity index (χ0n) is 23.2. The van der Waals surface area contributed by atoms with E-state index in [4.69, 9.17) is 14.4 Å². The number of para-hydroxylation sites is 1. The number of rotatable bonds is 2. The topological polar surface area (TPSA) is 43.9 Å². The van der Waals surface area contributed by atoms with Crippen molar-refractivity contribution in [2.75, 3.05) is 0 Å². The monoisotopic (exact) mass is 539 g/mol. The highest BCUT2D eigenvalue weighted by molar-refractivity contribution is 6.22. The molecule has 0 aliphatic rings. The van der Waals surface area contributed by atoms with E-state index in [1.165, 1.54) is 27.3 Å². The van der Waals surface area contributed by atoms with Gasteiger partial charge < -0.3 is 4.42 Å². The first-order valence-electron chi connectivity index (χ1n) is 14.3. The van der Waals surface area contributed by atoms with E-state index in [2.05, 4.69) is 122 Å². The lowest BCUT2D eigenvalue weighted by Crippen LogP contribution is -2.03. The average Bonchev–Trinajstić information content (AvgIpc) is 3.54. The van der Waals surface area contributed by atoms with E-state index in [0.717, 1.165) is 60.5 Å². The highest BCUT2D eigenvalue weighted by Crippen LogP contribution is 2.41. The summed E-state index contributed by atoms with van der Waals surface area (Å²) in [6.07, 6.45) is 0. The van der Waals surface area contributed by atoms with E-state index in [1.54, 1.807) is 0 Å². The van der Waals surface area contributed by atoms with Crippen LogP contribution in [0.4, 0.5) is 0 Å². The molecule has 0 atom stereocenters. The Morgan fingerprint density at radius 2 is 1.29 bits per heavy atom. The summed E-state index contributed by atoms with van der Waals surface area (Å²) in [5.41, 5.74) is 9.24. The van der Waals surface area contributed by atoms with Gasteiger partial charge in [-0.25, -0.2) is 9.97 Å². The molecule has 9 rings (SSSR count). The zero-order chi connectivity index (χ0) is 27.9. The van der Waals surface area contributed by atoms with Crippen LogP contribution in [0.15, 0.2) is 120 Å². The van der Waals surface area contributed by atoms with Crippen molar-refractivity contribution in [2.24, 2.45) is 0 Å². The summed E-state index contributed by atoms with van der Waals surface area (Å²) < 4.78 is 8.66. The Hall–Kier alpha value is -5.48. The largest absolute Gasteiger partial charge is 0.456 e. The lowest BCUT2D eigenvalue weighted by atomic mass is 10.0. The van der Waals surface area contributed by atoms with Crippen molar-refractivity contribution in [2.45, 2.75) is 13.8 Å². The van der Waals surface area contributed by atoms with E-state index in [9.17, 15) is 0 Å². The summed E-state index contributed by atoms with van der Waals surface area (Å²) >= 11 is 0. The first-order valence-corrected chi connectivity index (χ1v) is 14.3. The first kappa shape index (κ1) is 23.2. The number of nitrogens with zero attached hydrogens (tertiary/aromatic N) is 3. The third kappa shape index (κ3) is 3.23. The molecule has 0 bridgehead atoms. The van der Waals surface area contributed by atoms with Crippen LogP contribution in [-0.4, -0.2) is 14.5 Å². The molecule has 0 aliphatic carbocycles. The molecule has 4 nitrogen and oxygen atoms in total. The lowest BCUT2D eigenvalue weighted by Gasteiger charge is -2.13. The third-order valence-electron chi connectivity index (χ3n) is 8.56. The minimum Gasteiger partial charge on any atom is -0.456 e. The van der Waals surface area contributed by atoms with Crippen LogP contribution >= 0.6 is 0 Å². The number of hydrogen-bond donors (Lipinski definition) is 0. The second-order valence-corrected chi connectivity index (χ2v) is 11.2. The van der Waals surface area contributed by atoms with Crippen molar-refractivity contribution in [3.05, 3.63) is 126 Å². The normalized spacial score (nSPS) is 12.0. The van der Waals surface area contributed by atoms with Gasteiger partial charge in [-0.1, -0.05) is 84.4 Å². The van der Waals surface area contributed by atoms with Crippen molar-refractivity contribution in [3.8, 4) is 17.2 Å². The van der Waals surface area contributed by atoms with Gasteiger partial charge in [0.15, 0.2) is 0 Å². The molecular weight excluding hydrogens is 514 g/mol. The van der Waals surface area contributed by atoms with Crippen molar-refractivity contribution in [1.82, 2.24) is 14.5 Å². The molecular formula is C38H25N3O. The molecule has 42 heavy (non-hydrogen) atoms. The number of hydrogen-bond acceptors (Lipinski definition) is 3. The van der Waals surface area contributed by atoms with E-state index in [1.807, 2.05) is 12.1 Å². The van der Waals surface area contributed by atoms with Gasteiger partial charge in [-0.05, 0) is 55.1 Å². The van der Waals surface area contributed by atoms with E-state index < -0.39 is 0 Å². The fourth-order valence-electron chi connectivity index (χ4n) is 6.62. The Morgan fingerprint density at radius 1 is 0.548 bits per heavy atom. The predicted octanol–water partition coefficient (Wildman–Crippen LogP) is 10.1. The van der Waals surface area contributed by atoms with Gasteiger partial charge in [0.25, 0.3) is 0 Å². The molecule has 6 aromatic carbocycles. The van der Waals surface area contributed by atoms with Crippen LogP contribution in [0, 0.1) is 13.8 Å². The standard InChI is InChI=1S/C38H25N3O/c1-22-16-17-34-29(18-22)30-20-28-31-19-23(2)25-12-6-7-13-26(25)37(31)41(33(28)21-35(30)42-34)38-39-32-15-9-8-14-27(32)36(40-38)24-10-4-3-5-11-24/h3-21H,1-2H3. The van der Waals surface area contributed by atoms with Crippen LogP contribution in [0.1, 0.15) is 11.1 Å². The van der Waals surface area contributed by atoms with Gasteiger partial charge in [0.2, 0.25) is 5.95 Å². The van der Waals surface area contributed by atoms with Crippen LogP contribution in [0.3, 0.4) is 0 Å². The van der Waals surface area contributed by atoms with Gasteiger partial charge >= 0.3 is 0 Å². The van der Waals surface area contributed by atoms with Gasteiger partial charge in [0.05, 0.1) is 22.2 Å². The van der Waals surface area contributed by atoms with Gasteiger partial charge in [-0.3, -0.25) is 4.57 Å². The molecule has 0 N–H and O–H groups in total. The van der Waals surface area contributed by atoms with Crippen LogP contribution in [0.25, 0.3) is 82.6 Å². The van der Waals surface area contributed by atoms with E-state index in [0.29, 0.717) is 5.95 Å². The quantitative estimate of drug-likeness (QED) is 0.219. The number of aromatic nitrogens is 3. The summed E-state index contributed by atoms with van der Waals surface area (Å²) in [7, 11) is 0.